The first kappa shape index (κ1) is 32.3. The number of nitrogens with zero attached hydrogens (tertiary/aromatic N) is 2. The van der Waals surface area contributed by atoms with Crippen LogP contribution in [0.4, 0.5) is 0 Å². The van der Waals surface area contributed by atoms with Gasteiger partial charge in [-0.25, -0.2) is 14.6 Å². The van der Waals surface area contributed by atoms with E-state index in [0.717, 1.165) is 0 Å². The Bertz CT molecular complexity index is 1740. The van der Waals surface area contributed by atoms with Crippen molar-refractivity contribution in [2.45, 2.75) is 40.7 Å². The van der Waals surface area contributed by atoms with E-state index in [0.29, 0.717) is 69.0 Å². The van der Waals surface area contributed by atoms with Crippen molar-refractivity contribution in [1.82, 2.24) is 4.57 Å². The summed E-state index contributed by atoms with van der Waals surface area (Å²) < 4.78 is 34.9. The molecule has 0 unspecified atom stereocenters. The van der Waals surface area contributed by atoms with Crippen LogP contribution >= 0.6 is 11.3 Å². The van der Waals surface area contributed by atoms with Crippen LogP contribution in [0.15, 0.2) is 57.5 Å². The number of hydrogen-bond acceptors (Lipinski definition) is 11. The topological polar surface area (TPSA) is 124 Å². The van der Waals surface area contributed by atoms with E-state index in [4.69, 9.17) is 23.7 Å². The number of allylic oxidation sites excluding steroid dienone is 1. The number of rotatable bonds is 13. The summed E-state index contributed by atoms with van der Waals surface area (Å²) in [6.45, 7) is 10.1. The normalized spacial score (nSPS) is 14.4. The van der Waals surface area contributed by atoms with E-state index in [-0.39, 0.29) is 24.3 Å². The SMILES string of the molecule is CCOC(=O)C1=C(C)N=c2s/c(=C\c3ccc(OCC)cc3OCC)c(=O)n2[C@H]1c1ccc(OCC(=O)OC)c(OCC)c1. The molecule has 0 saturated carbocycles. The number of methoxy groups -OCH3 is 1. The van der Waals surface area contributed by atoms with Gasteiger partial charge in [0.15, 0.2) is 22.9 Å². The standard InChI is InChI=1S/C32H36N2O9S/c1-7-39-22-13-11-20(24(17-22)40-8-2)16-26-30(36)34-29(28(31(37)42-10-4)19(5)33-32(34)44-26)21-12-14-23(25(15-21)41-9-3)43-18-27(35)38-6/h11-17,29H,7-10,18H2,1-6H3/b26-16-/t29-/m0/s1. The molecule has 1 aliphatic rings. The molecule has 1 aromatic heterocycles. The Morgan fingerprint density at radius 1 is 0.909 bits per heavy atom. The van der Waals surface area contributed by atoms with E-state index in [9.17, 15) is 14.4 Å². The van der Waals surface area contributed by atoms with E-state index in [1.807, 2.05) is 32.9 Å². The summed E-state index contributed by atoms with van der Waals surface area (Å²) in [7, 11) is 1.27. The van der Waals surface area contributed by atoms with Gasteiger partial charge in [-0.2, -0.15) is 0 Å². The molecule has 0 radical (unpaired) electrons. The fraction of sp³-hybridized carbons (Fsp3) is 0.375. The number of fused-ring (bicyclic) bond motifs is 1. The molecule has 0 saturated heterocycles. The molecule has 11 nitrogen and oxygen atoms in total. The van der Waals surface area contributed by atoms with Gasteiger partial charge in [-0.1, -0.05) is 17.4 Å². The summed E-state index contributed by atoms with van der Waals surface area (Å²) in [6.07, 6.45) is 1.75. The molecular formula is C32H36N2O9S. The molecule has 234 valence electrons. The first-order chi connectivity index (χ1) is 21.3. The Morgan fingerprint density at radius 2 is 1.64 bits per heavy atom. The van der Waals surface area contributed by atoms with Gasteiger partial charge >= 0.3 is 11.9 Å². The molecule has 2 aromatic carbocycles. The molecule has 1 atom stereocenters. The number of benzene rings is 2. The zero-order valence-corrected chi connectivity index (χ0v) is 26.4. The van der Waals surface area contributed by atoms with Crippen LogP contribution in [0.25, 0.3) is 6.08 Å². The zero-order valence-electron chi connectivity index (χ0n) is 25.6. The molecule has 0 fully saturated rings. The van der Waals surface area contributed by atoms with Gasteiger partial charge < -0.3 is 28.4 Å². The zero-order chi connectivity index (χ0) is 31.8. The monoisotopic (exact) mass is 624 g/mol. The summed E-state index contributed by atoms with van der Waals surface area (Å²) in [5.41, 5.74) is 1.59. The lowest BCUT2D eigenvalue weighted by atomic mass is 9.95. The number of carbonyl (C=O) groups excluding carboxylic acids is 2. The molecule has 0 spiro atoms. The van der Waals surface area contributed by atoms with Crippen LogP contribution in [0.2, 0.25) is 0 Å². The molecule has 0 amide bonds. The van der Waals surface area contributed by atoms with Gasteiger partial charge in [-0.15, -0.1) is 0 Å². The van der Waals surface area contributed by atoms with E-state index >= 15 is 0 Å². The Morgan fingerprint density at radius 3 is 2.32 bits per heavy atom. The average Bonchev–Trinajstić information content (AvgIpc) is 3.31. The molecule has 44 heavy (non-hydrogen) atoms. The van der Waals surface area contributed by atoms with Crippen molar-refractivity contribution in [2.75, 3.05) is 40.1 Å². The molecule has 0 bridgehead atoms. The van der Waals surface area contributed by atoms with Gasteiger partial charge in [0.25, 0.3) is 5.56 Å². The lowest BCUT2D eigenvalue weighted by molar-refractivity contribution is -0.143. The number of aromatic nitrogens is 1. The number of carbonyl (C=O) groups is 2. The highest BCUT2D eigenvalue weighted by molar-refractivity contribution is 7.07. The second-order valence-corrected chi connectivity index (χ2v) is 10.4. The molecule has 12 heteroatoms. The molecule has 1 aliphatic heterocycles. The van der Waals surface area contributed by atoms with E-state index in [2.05, 4.69) is 9.73 Å². The molecule has 4 rings (SSSR count). The van der Waals surface area contributed by atoms with Gasteiger partial charge in [0.05, 0.1) is 55.4 Å². The highest BCUT2D eigenvalue weighted by atomic mass is 32.1. The summed E-state index contributed by atoms with van der Waals surface area (Å²) in [6, 6.07) is 9.62. The lowest BCUT2D eigenvalue weighted by Gasteiger charge is -2.25. The third-order valence-electron chi connectivity index (χ3n) is 6.56. The van der Waals surface area contributed by atoms with Crippen LogP contribution in [-0.4, -0.2) is 56.6 Å². The van der Waals surface area contributed by atoms with Crippen LogP contribution in [0.5, 0.6) is 23.0 Å². The van der Waals surface area contributed by atoms with Crippen molar-refractivity contribution >= 4 is 29.4 Å². The summed E-state index contributed by atoms with van der Waals surface area (Å²) in [5, 5.41) is 0. The number of esters is 2. The molecule has 3 aromatic rings. The van der Waals surface area contributed by atoms with Gasteiger partial charge in [0, 0.05) is 11.6 Å². The minimum absolute atomic E-state index is 0.148. The predicted octanol–water partition coefficient (Wildman–Crippen LogP) is 3.55. The highest BCUT2D eigenvalue weighted by Crippen LogP contribution is 2.36. The number of ether oxygens (including phenoxy) is 6. The van der Waals surface area contributed by atoms with Crippen LogP contribution in [-0.2, 0) is 19.1 Å². The third kappa shape index (κ3) is 6.96. The number of hydrogen-bond donors (Lipinski definition) is 0. The maximum Gasteiger partial charge on any atom is 0.343 e. The third-order valence-corrected chi connectivity index (χ3v) is 7.54. The van der Waals surface area contributed by atoms with Gasteiger partial charge in [-0.05, 0) is 70.5 Å². The van der Waals surface area contributed by atoms with E-state index in [1.54, 1.807) is 44.2 Å². The minimum Gasteiger partial charge on any atom is -0.494 e. The first-order valence-corrected chi connectivity index (χ1v) is 15.1. The van der Waals surface area contributed by atoms with Crippen molar-refractivity contribution < 1.29 is 38.0 Å². The van der Waals surface area contributed by atoms with Crippen LogP contribution in [0, 0.1) is 0 Å². The maximum absolute atomic E-state index is 14.1. The fourth-order valence-electron chi connectivity index (χ4n) is 4.70. The smallest absolute Gasteiger partial charge is 0.343 e. The molecule has 0 N–H and O–H groups in total. The van der Waals surface area contributed by atoms with Crippen molar-refractivity contribution in [1.29, 1.82) is 0 Å². The molecular weight excluding hydrogens is 588 g/mol. The Balaban J connectivity index is 1.90. The fourth-order valence-corrected chi connectivity index (χ4v) is 5.73. The summed E-state index contributed by atoms with van der Waals surface area (Å²) in [5.74, 6) is 0.755. The Labute approximate surface area is 258 Å². The highest BCUT2D eigenvalue weighted by Gasteiger charge is 2.34. The Hall–Kier alpha value is -4.58. The summed E-state index contributed by atoms with van der Waals surface area (Å²) >= 11 is 1.21. The molecule has 2 heterocycles. The van der Waals surface area contributed by atoms with E-state index < -0.39 is 18.0 Å². The predicted molar refractivity (Wildman–Crippen MR) is 164 cm³/mol. The first-order valence-electron chi connectivity index (χ1n) is 14.3. The molecule has 0 aliphatic carbocycles. The van der Waals surface area contributed by atoms with Gasteiger partial charge in [0.1, 0.15) is 11.5 Å². The van der Waals surface area contributed by atoms with Crippen molar-refractivity contribution in [2.24, 2.45) is 4.99 Å². The minimum atomic E-state index is -0.868. The maximum atomic E-state index is 14.1. The largest absolute Gasteiger partial charge is 0.494 e. The lowest BCUT2D eigenvalue weighted by Crippen LogP contribution is -2.40. The second-order valence-electron chi connectivity index (χ2n) is 9.37. The van der Waals surface area contributed by atoms with E-state index in [1.165, 1.54) is 23.0 Å². The Kier molecular flexibility index (Phi) is 10.8. The van der Waals surface area contributed by atoms with Crippen molar-refractivity contribution in [3.8, 4) is 23.0 Å². The average molecular weight is 625 g/mol. The van der Waals surface area contributed by atoms with Crippen LogP contribution in [0.3, 0.4) is 0 Å². The van der Waals surface area contributed by atoms with Gasteiger partial charge in [0.2, 0.25) is 0 Å². The van der Waals surface area contributed by atoms with Crippen LogP contribution < -0.4 is 33.8 Å². The van der Waals surface area contributed by atoms with Crippen molar-refractivity contribution in [3.05, 3.63) is 78.5 Å². The quantitative estimate of drug-likeness (QED) is 0.263. The van der Waals surface area contributed by atoms with Crippen molar-refractivity contribution in [3.63, 3.8) is 0 Å². The van der Waals surface area contributed by atoms with Crippen LogP contribution in [0.1, 0.15) is 51.8 Å². The number of thiazole rings is 1. The van der Waals surface area contributed by atoms with Gasteiger partial charge in [-0.3, -0.25) is 9.36 Å². The second kappa shape index (κ2) is 14.7. The summed E-state index contributed by atoms with van der Waals surface area (Å²) in [4.78, 5) is 44.2.